The van der Waals surface area contributed by atoms with Gasteiger partial charge in [-0.2, -0.15) is 0 Å². The van der Waals surface area contributed by atoms with Gasteiger partial charge in [-0.3, -0.25) is 19.4 Å². The molecule has 254 valence electrons. The molecule has 7 rings (SSSR count). The van der Waals surface area contributed by atoms with Crippen molar-refractivity contribution in [2.24, 2.45) is 0 Å². The van der Waals surface area contributed by atoms with Crippen LogP contribution in [0.25, 0.3) is 28.2 Å². The van der Waals surface area contributed by atoms with Gasteiger partial charge in [-0.25, -0.2) is 0 Å². The number of aliphatic hydroxyl groups is 2. The maximum Gasteiger partial charge on any atom is 0.307 e. The molecule has 2 amide bonds. The molecule has 0 unspecified atom stereocenters. The van der Waals surface area contributed by atoms with Crippen molar-refractivity contribution < 1.29 is 29.3 Å². The monoisotopic (exact) mass is 662 g/mol. The van der Waals surface area contributed by atoms with E-state index in [1.807, 2.05) is 30.3 Å². The zero-order valence-corrected chi connectivity index (χ0v) is 27.7. The number of amides is 2. The predicted molar refractivity (Wildman–Crippen MR) is 186 cm³/mol. The molecule has 10 heteroatoms. The third-order valence-electron chi connectivity index (χ3n) is 10.4. The van der Waals surface area contributed by atoms with Gasteiger partial charge in [-0.05, 0) is 85.2 Å². The summed E-state index contributed by atoms with van der Waals surface area (Å²) in [7, 11) is 0. The van der Waals surface area contributed by atoms with Crippen molar-refractivity contribution in [3.63, 3.8) is 0 Å². The highest BCUT2D eigenvalue weighted by molar-refractivity contribution is 6.06. The molecule has 2 atom stereocenters. The molecule has 4 N–H and O–H groups in total. The lowest BCUT2D eigenvalue weighted by molar-refractivity contribution is -0.135. The Balaban J connectivity index is 1.20. The van der Waals surface area contributed by atoms with E-state index >= 15 is 0 Å². The summed E-state index contributed by atoms with van der Waals surface area (Å²) in [5.74, 6) is -0.689. The van der Waals surface area contributed by atoms with Crippen LogP contribution in [0.1, 0.15) is 104 Å². The highest BCUT2D eigenvalue weighted by Gasteiger charge is 2.43. The number of fused-ring (bicyclic) bond motifs is 5. The lowest BCUT2D eigenvalue weighted by Gasteiger charge is -2.29. The number of hydrogen-bond acceptors (Lipinski definition) is 7. The fourth-order valence-electron chi connectivity index (χ4n) is 7.94. The Morgan fingerprint density at radius 1 is 0.980 bits per heavy atom. The van der Waals surface area contributed by atoms with E-state index in [0.29, 0.717) is 35.7 Å². The summed E-state index contributed by atoms with van der Waals surface area (Å²) >= 11 is 0. The summed E-state index contributed by atoms with van der Waals surface area (Å²) in [6.07, 6.45) is 10.7. The van der Waals surface area contributed by atoms with Gasteiger partial charge in [0.2, 0.25) is 5.91 Å². The highest BCUT2D eigenvalue weighted by atomic mass is 16.5. The summed E-state index contributed by atoms with van der Waals surface area (Å²) < 4.78 is 6.90. The van der Waals surface area contributed by atoms with E-state index in [1.54, 1.807) is 36.5 Å². The molecule has 49 heavy (non-hydrogen) atoms. The molecule has 10 nitrogen and oxygen atoms in total. The van der Waals surface area contributed by atoms with Crippen LogP contribution in [0, 0.1) is 0 Å². The second kappa shape index (κ2) is 13.6. The number of benzene rings is 2. The van der Waals surface area contributed by atoms with Crippen LogP contribution >= 0.6 is 0 Å². The van der Waals surface area contributed by atoms with E-state index in [0.717, 1.165) is 66.2 Å². The van der Waals surface area contributed by atoms with Crippen molar-refractivity contribution in [2.45, 2.75) is 94.9 Å². The van der Waals surface area contributed by atoms with E-state index in [4.69, 9.17) is 4.74 Å². The number of rotatable bonds is 7. The molecular weight excluding hydrogens is 620 g/mol. The SMILES string of the molecule is CC(=O)OC=Cc1ccc(NC(=O)C2(NC(=O)c3ccc4c(C5CCCCC5)c5n(c4c3)C[C@@H](O)[C@@H](O)c3ncccc3-5)CCCC2)cc1. The largest absolute Gasteiger partial charge is 0.435 e. The predicted octanol–water partition coefficient (Wildman–Crippen LogP) is 6.37. The number of pyridine rings is 1. The molecule has 1 aliphatic heterocycles. The van der Waals surface area contributed by atoms with Gasteiger partial charge < -0.3 is 30.2 Å². The second-order valence-electron chi connectivity index (χ2n) is 13.6. The molecule has 3 aliphatic rings. The zero-order chi connectivity index (χ0) is 34.1. The van der Waals surface area contributed by atoms with Gasteiger partial charge >= 0.3 is 5.97 Å². The number of esters is 1. The number of anilines is 1. The molecule has 0 radical (unpaired) electrons. The third-order valence-corrected chi connectivity index (χ3v) is 10.4. The summed E-state index contributed by atoms with van der Waals surface area (Å²) in [5, 5.41) is 29.4. The lowest BCUT2D eigenvalue weighted by Crippen LogP contribution is -2.55. The number of nitrogens with one attached hydrogen (secondary N) is 2. The summed E-state index contributed by atoms with van der Waals surface area (Å²) in [4.78, 5) is 43.3. The molecule has 2 fully saturated rings. The molecule has 2 saturated carbocycles. The first kappa shape index (κ1) is 32.7. The number of aliphatic hydroxyl groups excluding tert-OH is 2. The fourth-order valence-corrected chi connectivity index (χ4v) is 7.94. The molecule has 0 spiro atoms. The maximum absolute atomic E-state index is 14.0. The van der Waals surface area contributed by atoms with Crippen LogP contribution in [0.3, 0.4) is 0 Å². The van der Waals surface area contributed by atoms with Crippen molar-refractivity contribution in [3.8, 4) is 11.3 Å². The number of aromatic nitrogens is 2. The molecule has 4 aromatic rings. The highest BCUT2D eigenvalue weighted by Crippen LogP contribution is 2.47. The van der Waals surface area contributed by atoms with Crippen LogP contribution in [-0.4, -0.2) is 49.2 Å². The lowest BCUT2D eigenvalue weighted by atomic mass is 9.81. The summed E-state index contributed by atoms with van der Waals surface area (Å²) in [5.41, 5.74) is 5.01. The van der Waals surface area contributed by atoms with Crippen molar-refractivity contribution in [1.82, 2.24) is 14.9 Å². The van der Waals surface area contributed by atoms with E-state index in [-0.39, 0.29) is 18.4 Å². The van der Waals surface area contributed by atoms with E-state index in [9.17, 15) is 24.6 Å². The average Bonchev–Trinajstić information content (AvgIpc) is 3.69. The van der Waals surface area contributed by atoms with Crippen LogP contribution < -0.4 is 10.6 Å². The Bertz CT molecular complexity index is 1920. The van der Waals surface area contributed by atoms with Crippen molar-refractivity contribution in [3.05, 3.63) is 89.4 Å². The summed E-state index contributed by atoms with van der Waals surface area (Å²) in [6.45, 7) is 1.49. The third kappa shape index (κ3) is 6.38. The number of carbonyl (C=O) groups is 3. The quantitative estimate of drug-likeness (QED) is 0.133. The zero-order valence-electron chi connectivity index (χ0n) is 27.7. The van der Waals surface area contributed by atoms with Crippen LogP contribution in [0.4, 0.5) is 5.69 Å². The minimum Gasteiger partial charge on any atom is -0.435 e. The molecule has 2 aromatic heterocycles. The number of nitrogens with zero attached hydrogens (tertiary/aromatic N) is 2. The number of ether oxygens (including phenoxy) is 1. The second-order valence-corrected chi connectivity index (χ2v) is 13.6. The van der Waals surface area contributed by atoms with Crippen molar-refractivity contribution in [1.29, 1.82) is 0 Å². The average molecular weight is 663 g/mol. The van der Waals surface area contributed by atoms with Crippen molar-refractivity contribution >= 4 is 40.4 Å². The van der Waals surface area contributed by atoms with Gasteiger partial charge in [0.1, 0.15) is 17.7 Å². The number of carbonyl (C=O) groups excluding carboxylic acids is 3. The van der Waals surface area contributed by atoms with Gasteiger partial charge in [0.25, 0.3) is 5.91 Å². The van der Waals surface area contributed by atoms with Gasteiger partial charge in [0, 0.05) is 40.8 Å². The Morgan fingerprint density at radius 2 is 1.73 bits per heavy atom. The van der Waals surface area contributed by atoms with E-state index in [2.05, 4.69) is 20.2 Å². The topological polar surface area (TPSA) is 143 Å². The molecular formula is C39H42N4O6. The van der Waals surface area contributed by atoms with Gasteiger partial charge in [0.15, 0.2) is 0 Å². The molecule has 0 bridgehead atoms. The Kier molecular flexibility index (Phi) is 9.09. The Morgan fingerprint density at radius 3 is 2.47 bits per heavy atom. The van der Waals surface area contributed by atoms with Crippen LogP contribution in [-0.2, 0) is 20.9 Å². The Labute approximate surface area is 285 Å². The van der Waals surface area contributed by atoms with E-state index in [1.165, 1.54) is 25.2 Å². The normalized spacial score (nSPS) is 20.4. The Hall–Kier alpha value is -4.80. The first-order chi connectivity index (χ1) is 23.7. The van der Waals surface area contributed by atoms with Gasteiger partial charge in [-0.1, -0.05) is 50.3 Å². The van der Waals surface area contributed by atoms with E-state index < -0.39 is 23.7 Å². The smallest absolute Gasteiger partial charge is 0.307 e. The minimum atomic E-state index is -1.13. The van der Waals surface area contributed by atoms with Gasteiger partial charge in [0.05, 0.1) is 24.2 Å². The molecule has 2 aliphatic carbocycles. The van der Waals surface area contributed by atoms with Crippen LogP contribution in [0.5, 0.6) is 0 Å². The first-order valence-electron chi connectivity index (χ1n) is 17.3. The standard InChI is InChI=1S/C39H42N4O6/c1-24(44)49-21-17-25-11-14-28(15-12-25)41-38(48)39(18-5-6-19-39)42-37(47)27-13-16-29-31(22-27)43-23-32(45)36(46)34-30(10-7-20-40-34)35(43)33(29)26-8-3-2-4-9-26/h7,10-17,20-22,26,32,36,45-46H,2-6,8-9,18-19,23H2,1H3,(H,41,48)(H,42,47)/t32-,36-/m1/s1. The first-order valence-corrected chi connectivity index (χ1v) is 17.3. The molecule has 3 heterocycles. The maximum atomic E-state index is 14.0. The minimum absolute atomic E-state index is 0.159. The summed E-state index contributed by atoms with van der Waals surface area (Å²) in [6, 6.07) is 16.7. The fraction of sp³-hybridized carbons (Fsp3) is 0.385. The van der Waals surface area contributed by atoms with Crippen molar-refractivity contribution in [2.75, 3.05) is 5.32 Å². The van der Waals surface area contributed by atoms with Crippen LogP contribution in [0.2, 0.25) is 0 Å². The molecule has 2 aromatic carbocycles. The number of hydrogen-bond donors (Lipinski definition) is 4. The van der Waals surface area contributed by atoms with Crippen LogP contribution in [0.15, 0.2) is 67.1 Å². The van der Waals surface area contributed by atoms with Gasteiger partial charge in [-0.15, -0.1) is 0 Å². The molecule has 0 saturated heterocycles.